The monoisotopic (exact) mass is 367 g/mol. The van der Waals surface area contributed by atoms with Crippen LogP contribution >= 0.6 is 0 Å². The van der Waals surface area contributed by atoms with Crippen LogP contribution < -0.4 is 5.32 Å². The number of carbonyl (C=O) groups is 1. The molecule has 1 aliphatic heterocycles. The van der Waals surface area contributed by atoms with Gasteiger partial charge in [0.15, 0.2) is 0 Å². The fraction of sp³-hybridized carbons (Fsp3) is 0.500. The first kappa shape index (κ1) is 19.9. The van der Waals surface area contributed by atoms with E-state index in [2.05, 4.69) is 29.6 Å². The van der Waals surface area contributed by atoms with Gasteiger partial charge < -0.3 is 14.6 Å². The minimum absolute atomic E-state index is 0.0321. The standard InChI is InChI=1S/C22H30BNO3/c1-20(2,3)19(25)24-18(23-26-21(4,5)22(6,7)27-23)17-13-12-15-10-8-9-11-16(15)14-17/h8-14,18H,1-7H3,(H,24,25)/t18-/m0/s1. The summed E-state index contributed by atoms with van der Waals surface area (Å²) in [5, 5.41) is 5.46. The van der Waals surface area contributed by atoms with E-state index < -0.39 is 23.7 Å². The molecule has 0 aromatic heterocycles. The number of hydrogen-bond acceptors (Lipinski definition) is 3. The molecule has 0 bridgehead atoms. The Bertz CT molecular complexity index is 838. The van der Waals surface area contributed by atoms with Crippen molar-refractivity contribution in [1.82, 2.24) is 5.32 Å². The molecule has 1 saturated heterocycles. The molecule has 1 amide bonds. The molecule has 1 atom stereocenters. The molecular formula is C22H30BNO3. The van der Waals surface area contributed by atoms with Gasteiger partial charge in [0, 0.05) is 5.41 Å². The van der Waals surface area contributed by atoms with Crippen LogP contribution in [0, 0.1) is 5.41 Å². The van der Waals surface area contributed by atoms with Gasteiger partial charge in [-0.15, -0.1) is 0 Å². The van der Waals surface area contributed by atoms with Crippen LogP contribution in [0.5, 0.6) is 0 Å². The molecule has 5 heteroatoms. The van der Waals surface area contributed by atoms with Crippen LogP contribution in [0.1, 0.15) is 60.0 Å². The normalized spacial score (nSPS) is 19.9. The summed E-state index contributed by atoms with van der Waals surface area (Å²) in [6.45, 7) is 13.8. The first-order valence-corrected chi connectivity index (χ1v) is 9.56. The van der Waals surface area contributed by atoms with Gasteiger partial charge >= 0.3 is 7.12 Å². The number of carbonyl (C=O) groups excluding carboxylic acids is 1. The van der Waals surface area contributed by atoms with Gasteiger partial charge in [-0.3, -0.25) is 4.79 Å². The number of benzene rings is 2. The zero-order chi connectivity index (χ0) is 20.0. The Kier molecular flexibility index (Phi) is 4.90. The summed E-state index contributed by atoms with van der Waals surface area (Å²) in [7, 11) is -0.553. The van der Waals surface area contributed by atoms with E-state index in [0.717, 1.165) is 16.3 Å². The summed E-state index contributed by atoms with van der Waals surface area (Å²) in [6.07, 6.45) is 0. The quantitative estimate of drug-likeness (QED) is 0.802. The van der Waals surface area contributed by atoms with Crippen molar-refractivity contribution in [2.75, 3.05) is 0 Å². The minimum Gasteiger partial charge on any atom is -0.402 e. The molecular weight excluding hydrogens is 337 g/mol. The summed E-state index contributed by atoms with van der Waals surface area (Å²) >= 11 is 0. The third kappa shape index (κ3) is 3.90. The maximum atomic E-state index is 12.8. The second kappa shape index (κ2) is 6.64. The zero-order valence-electron chi connectivity index (χ0n) is 17.4. The predicted octanol–water partition coefficient (Wildman–Crippen LogP) is 4.67. The summed E-state index contributed by atoms with van der Waals surface area (Å²) < 4.78 is 12.5. The molecule has 144 valence electrons. The highest BCUT2D eigenvalue weighted by Crippen LogP contribution is 2.40. The van der Waals surface area contributed by atoms with Gasteiger partial charge in [0.1, 0.15) is 0 Å². The highest BCUT2D eigenvalue weighted by atomic mass is 16.7. The van der Waals surface area contributed by atoms with Crippen LogP contribution in [-0.4, -0.2) is 24.2 Å². The average Bonchev–Trinajstić information content (AvgIpc) is 2.78. The van der Waals surface area contributed by atoms with Crippen LogP contribution in [0.15, 0.2) is 42.5 Å². The van der Waals surface area contributed by atoms with Gasteiger partial charge in [-0.2, -0.15) is 0 Å². The molecule has 1 aliphatic rings. The average molecular weight is 367 g/mol. The Balaban J connectivity index is 2.00. The predicted molar refractivity (Wildman–Crippen MR) is 110 cm³/mol. The molecule has 2 aromatic rings. The smallest absolute Gasteiger partial charge is 0.402 e. The van der Waals surface area contributed by atoms with Gasteiger partial charge in [0.2, 0.25) is 5.91 Å². The first-order chi connectivity index (χ1) is 12.4. The van der Waals surface area contributed by atoms with Crippen LogP contribution in [0.4, 0.5) is 0 Å². The van der Waals surface area contributed by atoms with Gasteiger partial charge in [-0.05, 0) is 50.1 Å². The van der Waals surface area contributed by atoms with Gasteiger partial charge in [0.05, 0.1) is 17.1 Å². The maximum Gasteiger partial charge on any atom is 0.486 e. The Morgan fingerprint density at radius 2 is 1.52 bits per heavy atom. The van der Waals surface area contributed by atoms with E-state index in [0.29, 0.717) is 0 Å². The van der Waals surface area contributed by atoms with Crippen molar-refractivity contribution in [3.63, 3.8) is 0 Å². The number of rotatable bonds is 3. The molecule has 2 aromatic carbocycles. The van der Waals surface area contributed by atoms with Crippen molar-refractivity contribution >= 4 is 23.8 Å². The second-order valence-electron chi connectivity index (χ2n) is 9.43. The van der Waals surface area contributed by atoms with Crippen molar-refractivity contribution in [1.29, 1.82) is 0 Å². The molecule has 1 N–H and O–H groups in total. The van der Waals surface area contributed by atoms with Crippen molar-refractivity contribution in [3.8, 4) is 0 Å². The highest BCUT2D eigenvalue weighted by molar-refractivity contribution is 6.48. The van der Waals surface area contributed by atoms with Crippen molar-refractivity contribution < 1.29 is 14.1 Å². The SMILES string of the molecule is CC(C)(C)C(=O)N[C@H](B1OC(C)(C)C(C)(C)O1)c1ccc2ccccc2c1. The van der Waals surface area contributed by atoms with Gasteiger partial charge in [-0.25, -0.2) is 0 Å². The molecule has 1 heterocycles. The van der Waals surface area contributed by atoms with Crippen LogP contribution in [0.25, 0.3) is 10.8 Å². The van der Waals surface area contributed by atoms with E-state index in [9.17, 15) is 4.79 Å². The molecule has 27 heavy (non-hydrogen) atoms. The molecule has 0 radical (unpaired) electrons. The number of hydrogen-bond donors (Lipinski definition) is 1. The molecule has 1 fully saturated rings. The molecule has 0 spiro atoms. The van der Waals surface area contributed by atoms with E-state index >= 15 is 0 Å². The third-order valence-electron chi connectivity index (χ3n) is 5.64. The summed E-state index contributed by atoms with van der Waals surface area (Å²) in [5.41, 5.74) is -0.443. The van der Waals surface area contributed by atoms with E-state index in [1.807, 2.05) is 66.7 Å². The van der Waals surface area contributed by atoms with Crippen LogP contribution in [0.2, 0.25) is 0 Å². The number of fused-ring (bicyclic) bond motifs is 1. The fourth-order valence-corrected chi connectivity index (χ4v) is 3.09. The molecule has 0 aliphatic carbocycles. The fourth-order valence-electron chi connectivity index (χ4n) is 3.09. The first-order valence-electron chi connectivity index (χ1n) is 9.56. The Morgan fingerprint density at radius 3 is 2.07 bits per heavy atom. The van der Waals surface area contributed by atoms with Crippen molar-refractivity contribution in [2.45, 2.75) is 65.6 Å². The molecule has 0 unspecified atom stereocenters. The lowest BCUT2D eigenvalue weighted by Crippen LogP contribution is -2.45. The second-order valence-corrected chi connectivity index (χ2v) is 9.43. The Labute approximate surface area is 162 Å². The molecule has 0 saturated carbocycles. The lowest BCUT2D eigenvalue weighted by molar-refractivity contribution is -0.129. The van der Waals surface area contributed by atoms with Crippen molar-refractivity contribution in [3.05, 3.63) is 48.0 Å². The van der Waals surface area contributed by atoms with E-state index in [1.165, 1.54) is 0 Å². The summed E-state index contributed by atoms with van der Waals surface area (Å²) in [6, 6.07) is 14.4. The third-order valence-corrected chi connectivity index (χ3v) is 5.64. The Hall–Kier alpha value is -1.85. The minimum atomic E-state index is -0.553. The van der Waals surface area contributed by atoms with Gasteiger partial charge in [0.25, 0.3) is 0 Å². The topological polar surface area (TPSA) is 47.6 Å². The summed E-state index contributed by atoms with van der Waals surface area (Å²) in [5.74, 6) is -0.419. The number of amides is 1. The Morgan fingerprint density at radius 1 is 0.963 bits per heavy atom. The van der Waals surface area contributed by atoms with Gasteiger partial charge in [-0.1, -0.05) is 57.2 Å². The van der Waals surface area contributed by atoms with E-state index in [4.69, 9.17) is 9.31 Å². The van der Waals surface area contributed by atoms with Crippen LogP contribution in [0.3, 0.4) is 0 Å². The lowest BCUT2D eigenvalue weighted by Gasteiger charge is -2.32. The maximum absolute atomic E-state index is 12.8. The largest absolute Gasteiger partial charge is 0.486 e. The zero-order valence-corrected chi connectivity index (χ0v) is 17.4. The summed E-state index contributed by atoms with van der Waals surface area (Å²) in [4.78, 5) is 12.8. The van der Waals surface area contributed by atoms with Crippen molar-refractivity contribution in [2.24, 2.45) is 5.41 Å². The molecule has 3 rings (SSSR count). The van der Waals surface area contributed by atoms with Crippen LogP contribution in [-0.2, 0) is 14.1 Å². The van der Waals surface area contributed by atoms with E-state index in [1.54, 1.807) is 0 Å². The highest BCUT2D eigenvalue weighted by Gasteiger charge is 2.54. The molecule has 4 nitrogen and oxygen atoms in total. The number of nitrogens with one attached hydrogen (secondary N) is 1. The van der Waals surface area contributed by atoms with E-state index in [-0.39, 0.29) is 11.8 Å². The lowest BCUT2D eigenvalue weighted by atomic mass is 9.73.